The van der Waals surface area contributed by atoms with E-state index in [-0.39, 0.29) is 0 Å². The van der Waals surface area contributed by atoms with E-state index in [0.29, 0.717) is 6.04 Å². The summed E-state index contributed by atoms with van der Waals surface area (Å²) in [7, 11) is 0. The van der Waals surface area contributed by atoms with Gasteiger partial charge >= 0.3 is 0 Å². The van der Waals surface area contributed by atoms with Gasteiger partial charge in [0.05, 0.1) is 13.2 Å². The molecule has 1 saturated heterocycles. The van der Waals surface area contributed by atoms with Crippen molar-refractivity contribution in [3.8, 4) is 11.3 Å². The van der Waals surface area contributed by atoms with Gasteiger partial charge < -0.3 is 14.5 Å². The van der Waals surface area contributed by atoms with E-state index >= 15 is 0 Å². The Kier molecular flexibility index (Phi) is 4.19. The highest BCUT2D eigenvalue weighted by molar-refractivity contribution is 5.57. The van der Waals surface area contributed by atoms with Crippen LogP contribution in [0.15, 0.2) is 40.8 Å². The molecule has 3 nitrogen and oxygen atoms in total. The predicted octanol–water partition coefficient (Wildman–Crippen LogP) is 3.52. The van der Waals surface area contributed by atoms with Crippen molar-refractivity contribution in [1.82, 2.24) is 5.32 Å². The Balaban J connectivity index is 1.60. The fourth-order valence-electron chi connectivity index (χ4n) is 2.49. The summed E-state index contributed by atoms with van der Waals surface area (Å²) in [6.07, 6.45) is 2.33. The Labute approximate surface area is 119 Å². The van der Waals surface area contributed by atoms with Gasteiger partial charge in [0.25, 0.3) is 0 Å². The SMILES string of the molecule is Cc1ccc(-c2ccc(CNC3CCCOC3)o2)cc1. The van der Waals surface area contributed by atoms with Crippen molar-refractivity contribution in [2.45, 2.75) is 32.4 Å². The van der Waals surface area contributed by atoms with Gasteiger partial charge in [0.2, 0.25) is 0 Å². The summed E-state index contributed by atoms with van der Waals surface area (Å²) in [6.45, 7) is 4.56. The molecular weight excluding hydrogens is 250 g/mol. The second kappa shape index (κ2) is 6.25. The van der Waals surface area contributed by atoms with Crippen molar-refractivity contribution in [3.05, 3.63) is 47.7 Å². The van der Waals surface area contributed by atoms with Crippen molar-refractivity contribution in [2.24, 2.45) is 0 Å². The highest BCUT2D eigenvalue weighted by Gasteiger charge is 2.13. The van der Waals surface area contributed by atoms with Gasteiger partial charge in [-0.25, -0.2) is 0 Å². The number of ether oxygens (including phenoxy) is 1. The standard InChI is InChI=1S/C17H21NO2/c1-13-4-6-14(7-5-13)17-9-8-16(20-17)11-18-15-3-2-10-19-12-15/h4-9,15,18H,2-3,10-12H2,1H3. The molecule has 3 heteroatoms. The molecule has 1 fully saturated rings. The summed E-state index contributed by atoms with van der Waals surface area (Å²) in [5, 5.41) is 3.49. The van der Waals surface area contributed by atoms with Crippen LogP contribution in [0.4, 0.5) is 0 Å². The van der Waals surface area contributed by atoms with Crippen molar-refractivity contribution in [3.63, 3.8) is 0 Å². The first kappa shape index (κ1) is 13.4. The second-order valence-corrected chi connectivity index (χ2v) is 5.43. The lowest BCUT2D eigenvalue weighted by Crippen LogP contribution is -2.36. The molecule has 0 bridgehead atoms. The second-order valence-electron chi connectivity index (χ2n) is 5.43. The monoisotopic (exact) mass is 271 g/mol. The van der Waals surface area contributed by atoms with Crippen LogP contribution in [-0.4, -0.2) is 19.3 Å². The van der Waals surface area contributed by atoms with E-state index in [9.17, 15) is 0 Å². The van der Waals surface area contributed by atoms with Gasteiger partial charge in [-0.3, -0.25) is 0 Å². The smallest absolute Gasteiger partial charge is 0.134 e. The van der Waals surface area contributed by atoms with E-state index in [0.717, 1.165) is 43.3 Å². The Morgan fingerprint density at radius 1 is 1.15 bits per heavy atom. The number of aryl methyl sites for hydroxylation is 1. The predicted molar refractivity (Wildman–Crippen MR) is 79.6 cm³/mol. The van der Waals surface area contributed by atoms with Gasteiger partial charge in [0.15, 0.2) is 0 Å². The molecule has 0 aliphatic carbocycles. The molecule has 0 radical (unpaired) electrons. The van der Waals surface area contributed by atoms with Crippen LogP contribution in [0.5, 0.6) is 0 Å². The van der Waals surface area contributed by atoms with Crippen LogP contribution < -0.4 is 5.32 Å². The van der Waals surface area contributed by atoms with Crippen LogP contribution in [0, 0.1) is 6.92 Å². The number of nitrogens with one attached hydrogen (secondary N) is 1. The number of rotatable bonds is 4. The summed E-state index contributed by atoms with van der Waals surface area (Å²) >= 11 is 0. The molecule has 1 aromatic heterocycles. The quantitative estimate of drug-likeness (QED) is 0.924. The zero-order valence-corrected chi connectivity index (χ0v) is 11.9. The minimum absolute atomic E-state index is 0.455. The maximum absolute atomic E-state index is 5.90. The highest BCUT2D eigenvalue weighted by Crippen LogP contribution is 2.22. The van der Waals surface area contributed by atoms with Gasteiger partial charge in [0.1, 0.15) is 11.5 Å². The number of furan rings is 1. The van der Waals surface area contributed by atoms with Crippen molar-refractivity contribution in [1.29, 1.82) is 0 Å². The van der Waals surface area contributed by atoms with Crippen molar-refractivity contribution < 1.29 is 9.15 Å². The summed E-state index contributed by atoms with van der Waals surface area (Å²) in [5.74, 6) is 1.91. The summed E-state index contributed by atoms with van der Waals surface area (Å²) in [6, 6.07) is 13.0. The largest absolute Gasteiger partial charge is 0.460 e. The fourth-order valence-corrected chi connectivity index (χ4v) is 2.49. The third kappa shape index (κ3) is 3.30. The average molecular weight is 271 g/mol. The zero-order valence-electron chi connectivity index (χ0n) is 11.9. The Morgan fingerprint density at radius 3 is 2.75 bits per heavy atom. The van der Waals surface area contributed by atoms with E-state index < -0.39 is 0 Å². The van der Waals surface area contributed by atoms with E-state index in [4.69, 9.17) is 9.15 Å². The Bertz CT molecular complexity index is 538. The highest BCUT2D eigenvalue weighted by atomic mass is 16.5. The van der Waals surface area contributed by atoms with Crippen molar-refractivity contribution >= 4 is 0 Å². The Morgan fingerprint density at radius 2 is 2.00 bits per heavy atom. The van der Waals surface area contributed by atoms with E-state index in [1.54, 1.807) is 0 Å². The molecular formula is C17H21NO2. The van der Waals surface area contributed by atoms with Crippen molar-refractivity contribution in [2.75, 3.05) is 13.2 Å². The van der Waals surface area contributed by atoms with E-state index in [1.807, 2.05) is 12.1 Å². The molecule has 1 N–H and O–H groups in total. The molecule has 2 aromatic rings. The molecule has 20 heavy (non-hydrogen) atoms. The molecule has 1 aliphatic rings. The first-order valence-corrected chi connectivity index (χ1v) is 7.28. The molecule has 1 aliphatic heterocycles. The first-order valence-electron chi connectivity index (χ1n) is 7.28. The maximum atomic E-state index is 5.90. The molecule has 1 aromatic carbocycles. The lowest BCUT2D eigenvalue weighted by atomic mass is 10.1. The average Bonchev–Trinajstić information content (AvgIpc) is 2.96. The maximum Gasteiger partial charge on any atom is 0.134 e. The molecule has 2 heterocycles. The van der Waals surface area contributed by atoms with Crippen LogP contribution in [0.25, 0.3) is 11.3 Å². The zero-order chi connectivity index (χ0) is 13.8. The molecule has 0 spiro atoms. The number of hydrogen-bond donors (Lipinski definition) is 1. The van der Waals surface area contributed by atoms with Gasteiger partial charge in [-0.15, -0.1) is 0 Å². The molecule has 0 amide bonds. The van der Waals surface area contributed by atoms with Crippen LogP contribution in [0.2, 0.25) is 0 Å². The van der Waals surface area contributed by atoms with Crippen LogP contribution in [0.1, 0.15) is 24.2 Å². The van der Waals surface area contributed by atoms with Crippen LogP contribution in [0.3, 0.4) is 0 Å². The molecule has 3 rings (SSSR count). The van der Waals surface area contributed by atoms with E-state index in [2.05, 4.69) is 36.5 Å². The number of benzene rings is 1. The third-order valence-corrected chi connectivity index (χ3v) is 3.72. The van der Waals surface area contributed by atoms with Gasteiger partial charge in [-0.2, -0.15) is 0 Å². The van der Waals surface area contributed by atoms with E-state index in [1.165, 1.54) is 12.0 Å². The summed E-state index contributed by atoms with van der Waals surface area (Å²) in [4.78, 5) is 0. The van der Waals surface area contributed by atoms with Gasteiger partial charge in [-0.1, -0.05) is 29.8 Å². The topological polar surface area (TPSA) is 34.4 Å². The summed E-state index contributed by atoms with van der Waals surface area (Å²) in [5.41, 5.74) is 2.39. The lowest BCUT2D eigenvalue weighted by Gasteiger charge is -2.22. The molecule has 0 saturated carbocycles. The first-order chi connectivity index (χ1) is 9.81. The Hall–Kier alpha value is -1.58. The van der Waals surface area contributed by atoms with Crippen LogP contribution >= 0.6 is 0 Å². The fraction of sp³-hybridized carbons (Fsp3) is 0.412. The van der Waals surface area contributed by atoms with Gasteiger partial charge in [0, 0.05) is 18.2 Å². The summed E-state index contributed by atoms with van der Waals surface area (Å²) < 4.78 is 11.4. The lowest BCUT2D eigenvalue weighted by molar-refractivity contribution is 0.0693. The minimum Gasteiger partial charge on any atom is -0.460 e. The van der Waals surface area contributed by atoms with Gasteiger partial charge in [-0.05, 0) is 31.9 Å². The van der Waals surface area contributed by atoms with Crippen LogP contribution in [-0.2, 0) is 11.3 Å². The molecule has 106 valence electrons. The molecule has 1 atom stereocenters. The molecule has 1 unspecified atom stereocenters. The minimum atomic E-state index is 0.455. The normalized spacial score (nSPS) is 19.1. The third-order valence-electron chi connectivity index (χ3n) is 3.72. The number of hydrogen-bond acceptors (Lipinski definition) is 3.